The zero-order chi connectivity index (χ0) is 8.97. The molecule has 1 unspecified atom stereocenters. The van der Waals surface area contributed by atoms with E-state index in [1.54, 1.807) is 0 Å². The molecule has 0 aromatic heterocycles. The van der Waals surface area contributed by atoms with Gasteiger partial charge in [0.2, 0.25) is 5.91 Å². The number of carbonyl (C=O) groups excluding carboxylic acids is 1. The first-order chi connectivity index (χ1) is 5.70. The molecule has 1 rings (SSSR count). The number of alkyl halides is 1. The third kappa shape index (κ3) is 3.13. The standard InChI is InChI=1S/C9H14INO/c10-8-4-2-1-3-7(5-6-8)9(11)12/h3,8H,1-2,4-6H2,(H2,11,12). The van der Waals surface area contributed by atoms with Crippen LogP contribution in [0.3, 0.4) is 0 Å². The number of hydrogen-bond acceptors (Lipinski definition) is 1. The zero-order valence-electron chi connectivity index (χ0n) is 7.05. The minimum Gasteiger partial charge on any atom is -0.366 e. The largest absolute Gasteiger partial charge is 0.366 e. The predicted octanol–water partition coefficient (Wildman–Crippen LogP) is 2.17. The van der Waals surface area contributed by atoms with Crippen molar-refractivity contribution in [3.05, 3.63) is 11.6 Å². The molecule has 0 bridgehead atoms. The van der Waals surface area contributed by atoms with Gasteiger partial charge in [-0.25, -0.2) is 0 Å². The van der Waals surface area contributed by atoms with Crippen molar-refractivity contribution in [2.45, 2.75) is 36.0 Å². The Morgan fingerprint density at radius 3 is 3.00 bits per heavy atom. The Labute approximate surface area is 86.7 Å². The first-order valence-electron chi connectivity index (χ1n) is 4.33. The van der Waals surface area contributed by atoms with E-state index < -0.39 is 0 Å². The Morgan fingerprint density at radius 1 is 1.58 bits per heavy atom. The molecule has 2 N–H and O–H groups in total. The van der Waals surface area contributed by atoms with Crippen molar-refractivity contribution >= 4 is 28.5 Å². The molecular formula is C9H14INO. The Hall–Kier alpha value is -0.0600. The van der Waals surface area contributed by atoms with Gasteiger partial charge < -0.3 is 5.73 Å². The molecule has 2 nitrogen and oxygen atoms in total. The fourth-order valence-electron chi connectivity index (χ4n) is 1.40. The summed E-state index contributed by atoms with van der Waals surface area (Å²) in [5, 5.41) is 0. The van der Waals surface area contributed by atoms with Crippen molar-refractivity contribution in [2.24, 2.45) is 5.73 Å². The maximum Gasteiger partial charge on any atom is 0.244 e. The summed E-state index contributed by atoms with van der Waals surface area (Å²) < 4.78 is 0.714. The van der Waals surface area contributed by atoms with Crippen LogP contribution < -0.4 is 5.73 Å². The van der Waals surface area contributed by atoms with E-state index in [0.29, 0.717) is 3.92 Å². The SMILES string of the molecule is NC(=O)C1=CCCCC(I)CC1. The molecule has 0 fully saturated rings. The Morgan fingerprint density at radius 2 is 2.33 bits per heavy atom. The van der Waals surface area contributed by atoms with Crippen molar-refractivity contribution in [1.82, 2.24) is 0 Å². The molecule has 0 aliphatic heterocycles. The number of halogens is 1. The van der Waals surface area contributed by atoms with E-state index in [4.69, 9.17) is 5.73 Å². The molecule has 1 aliphatic rings. The first-order valence-corrected chi connectivity index (χ1v) is 5.57. The molecular weight excluding hydrogens is 265 g/mol. The van der Waals surface area contributed by atoms with Crippen LogP contribution in [0, 0.1) is 0 Å². The van der Waals surface area contributed by atoms with Gasteiger partial charge in [0, 0.05) is 9.50 Å². The zero-order valence-corrected chi connectivity index (χ0v) is 9.21. The van der Waals surface area contributed by atoms with Crippen LogP contribution in [0.2, 0.25) is 0 Å². The molecule has 1 amide bonds. The lowest BCUT2D eigenvalue weighted by Crippen LogP contribution is -2.16. The highest BCUT2D eigenvalue weighted by molar-refractivity contribution is 14.1. The maximum absolute atomic E-state index is 10.9. The van der Waals surface area contributed by atoms with Gasteiger partial charge in [0.1, 0.15) is 0 Å². The fourth-order valence-corrected chi connectivity index (χ4v) is 2.15. The van der Waals surface area contributed by atoms with Crippen molar-refractivity contribution in [3.63, 3.8) is 0 Å². The van der Waals surface area contributed by atoms with Gasteiger partial charge in [-0.3, -0.25) is 4.79 Å². The second-order valence-corrected chi connectivity index (χ2v) is 4.92. The van der Waals surface area contributed by atoms with Crippen LogP contribution in [0.15, 0.2) is 11.6 Å². The highest BCUT2D eigenvalue weighted by Gasteiger charge is 2.11. The highest BCUT2D eigenvalue weighted by Crippen LogP contribution is 2.22. The molecule has 12 heavy (non-hydrogen) atoms. The molecule has 1 atom stereocenters. The van der Waals surface area contributed by atoms with Crippen molar-refractivity contribution in [1.29, 1.82) is 0 Å². The Kier molecular flexibility index (Phi) is 4.05. The molecule has 68 valence electrons. The molecule has 0 spiro atoms. The summed E-state index contributed by atoms with van der Waals surface area (Å²) in [6.07, 6.45) is 7.42. The number of nitrogens with two attached hydrogens (primary N) is 1. The number of amides is 1. The molecule has 1 aliphatic carbocycles. The summed E-state index contributed by atoms with van der Waals surface area (Å²) in [4.78, 5) is 10.9. The number of primary amides is 1. The molecule has 0 saturated heterocycles. The molecule has 0 radical (unpaired) electrons. The topological polar surface area (TPSA) is 43.1 Å². The average Bonchev–Trinajstić information content (AvgIpc) is 1.97. The summed E-state index contributed by atoms with van der Waals surface area (Å²) in [5.41, 5.74) is 6.05. The second kappa shape index (κ2) is 4.84. The van der Waals surface area contributed by atoms with E-state index in [0.717, 1.165) is 24.8 Å². The summed E-state index contributed by atoms with van der Waals surface area (Å²) in [5.74, 6) is -0.236. The van der Waals surface area contributed by atoms with Crippen LogP contribution in [0.25, 0.3) is 0 Å². The van der Waals surface area contributed by atoms with Gasteiger partial charge in [-0.2, -0.15) is 0 Å². The van der Waals surface area contributed by atoms with Crippen molar-refractivity contribution < 1.29 is 4.79 Å². The van der Waals surface area contributed by atoms with Crippen molar-refractivity contribution in [3.8, 4) is 0 Å². The monoisotopic (exact) mass is 279 g/mol. The van der Waals surface area contributed by atoms with Gasteiger partial charge in [-0.05, 0) is 32.1 Å². The Bertz CT molecular complexity index is 201. The van der Waals surface area contributed by atoms with E-state index in [1.807, 2.05) is 6.08 Å². The lowest BCUT2D eigenvalue weighted by molar-refractivity contribution is -0.114. The molecule has 0 saturated carbocycles. The smallest absolute Gasteiger partial charge is 0.244 e. The highest BCUT2D eigenvalue weighted by atomic mass is 127. The number of hydrogen-bond donors (Lipinski definition) is 1. The molecule has 3 heteroatoms. The number of carbonyl (C=O) groups is 1. The lowest BCUT2D eigenvalue weighted by atomic mass is 10.00. The summed E-state index contributed by atoms with van der Waals surface area (Å²) in [6.45, 7) is 0. The predicted molar refractivity (Wildman–Crippen MR) is 58.2 cm³/mol. The fraction of sp³-hybridized carbons (Fsp3) is 0.667. The van der Waals surface area contributed by atoms with Crippen LogP contribution in [0.5, 0.6) is 0 Å². The molecule has 0 aromatic rings. The van der Waals surface area contributed by atoms with Gasteiger partial charge >= 0.3 is 0 Å². The average molecular weight is 279 g/mol. The Balaban J connectivity index is 2.56. The minimum atomic E-state index is -0.236. The summed E-state index contributed by atoms with van der Waals surface area (Å²) in [6, 6.07) is 0. The van der Waals surface area contributed by atoms with Crippen LogP contribution in [-0.2, 0) is 4.79 Å². The summed E-state index contributed by atoms with van der Waals surface area (Å²) >= 11 is 2.45. The molecule has 0 heterocycles. The van der Waals surface area contributed by atoms with E-state index in [2.05, 4.69) is 22.6 Å². The van der Waals surface area contributed by atoms with Crippen LogP contribution in [-0.4, -0.2) is 9.83 Å². The van der Waals surface area contributed by atoms with Gasteiger partial charge in [0.05, 0.1) is 0 Å². The first kappa shape index (κ1) is 10.0. The minimum absolute atomic E-state index is 0.236. The third-order valence-electron chi connectivity index (χ3n) is 2.16. The number of allylic oxidation sites excluding steroid dienone is 1. The van der Waals surface area contributed by atoms with E-state index in [-0.39, 0.29) is 5.91 Å². The quantitative estimate of drug-likeness (QED) is 0.580. The van der Waals surface area contributed by atoms with Crippen LogP contribution in [0.4, 0.5) is 0 Å². The van der Waals surface area contributed by atoms with E-state index in [9.17, 15) is 4.79 Å². The van der Waals surface area contributed by atoms with E-state index in [1.165, 1.54) is 12.8 Å². The third-order valence-corrected chi connectivity index (χ3v) is 3.40. The lowest BCUT2D eigenvalue weighted by Gasteiger charge is -2.13. The van der Waals surface area contributed by atoms with Gasteiger partial charge in [0.15, 0.2) is 0 Å². The van der Waals surface area contributed by atoms with Gasteiger partial charge in [-0.1, -0.05) is 28.7 Å². The summed E-state index contributed by atoms with van der Waals surface area (Å²) in [7, 11) is 0. The molecule has 0 aromatic carbocycles. The van der Waals surface area contributed by atoms with Crippen LogP contribution >= 0.6 is 22.6 Å². The van der Waals surface area contributed by atoms with E-state index >= 15 is 0 Å². The normalized spacial score (nSPS) is 25.4. The second-order valence-electron chi connectivity index (χ2n) is 3.16. The maximum atomic E-state index is 10.9. The van der Waals surface area contributed by atoms with Gasteiger partial charge in [0.25, 0.3) is 0 Å². The van der Waals surface area contributed by atoms with Gasteiger partial charge in [-0.15, -0.1) is 0 Å². The van der Waals surface area contributed by atoms with Crippen molar-refractivity contribution in [2.75, 3.05) is 0 Å². The number of rotatable bonds is 1. The van der Waals surface area contributed by atoms with Crippen LogP contribution in [0.1, 0.15) is 32.1 Å².